The molecule has 1 N–H and O–H groups in total. The lowest BCUT2D eigenvalue weighted by molar-refractivity contribution is -0.192. The van der Waals surface area contributed by atoms with Crippen molar-refractivity contribution >= 4 is 23.2 Å². The number of aryl methyl sites for hydroxylation is 1. The number of carbonyl (C=O) groups is 2. The summed E-state index contributed by atoms with van der Waals surface area (Å²) in [6, 6.07) is 3.54. The van der Waals surface area contributed by atoms with Crippen molar-refractivity contribution in [1.82, 2.24) is 14.8 Å². The summed E-state index contributed by atoms with van der Waals surface area (Å²) in [5, 5.41) is 10.4. The molecule has 0 aliphatic carbocycles. The number of halogens is 3. The first-order chi connectivity index (χ1) is 14.6. The number of aliphatic carboxylic acids is 1. The van der Waals surface area contributed by atoms with Crippen LogP contribution in [0.15, 0.2) is 28.2 Å². The molecule has 1 amide bonds. The molecule has 0 aromatic carbocycles. The maximum atomic E-state index is 12.6. The number of amides is 1. The highest BCUT2D eigenvalue weighted by Gasteiger charge is 2.43. The van der Waals surface area contributed by atoms with Gasteiger partial charge in [-0.15, -0.1) is 11.3 Å². The van der Waals surface area contributed by atoms with Gasteiger partial charge in [0.1, 0.15) is 0 Å². The largest absolute Gasteiger partial charge is 0.490 e. The van der Waals surface area contributed by atoms with Crippen LogP contribution in [0.3, 0.4) is 0 Å². The van der Waals surface area contributed by atoms with Crippen LogP contribution in [-0.4, -0.2) is 64.1 Å². The molecule has 0 bridgehead atoms. The normalized spacial score (nSPS) is 21.7. The van der Waals surface area contributed by atoms with Gasteiger partial charge in [0.25, 0.3) is 5.91 Å². The monoisotopic (exact) mass is 459 g/mol. The van der Waals surface area contributed by atoms with Gasteiger partial charge in [0.2, 0.25) is 0 Å². The first-order valence-corrected chi connectivity index (χ1v) is 10.7. The molecular formula is C20H24F3N3O4S. The van der Waals surface area contributed by atoms with Gasteiger partial charge in [-0.3, -0.25) is 9.69 Å². The van der Waals surface area contributed by atoms with Crippen LogP contribution in [0, 0.1) is 12.3 Å². The molecule has 2 aliphatic rings. The fourth-order valence-electron chi connectivity index (χ4n) is 4.14. The standard InChI is InChI=1S/C18H23N3O2S.C2HF3O2/c1-14-19-15(11-24-14)10-20-8-6-18(12-20)5-3-7-21(13-18)17(22)16-4-2-9-23-16;3-2(4,5)1(6)7/h2,4,9,11H,3,5-8,10,12-13H2,1H3;(H,6,7). The molecule has 31 heavy (non-hydrogen) atoms. The third-order valence-corrected chi connectivity index (χ3v) is 6.31. The number of likely N-dealkylation sites (tertiary alicyclic amines) is 2. The molecule has 2 aromatic rings. The van der Waals surface area contributed by atoms with E-state index in [-0.39, 0.29) is 11.3 Å². The first-order valence-electron chi connectivity index (χ1n) is 9.84. The van der Waals surface area contributed by atoms with E-state index in [4.69, 9.17) is 14.3 Å². The summed E-state index contributed by atoms with van der Waals surface area (Å²) in [4.78, 5) is 30.5. The molecule has 0 radical (unpaired) electrons. The summed E-state index contributed by atoms with van der Waals surface area (Å²) in [7, 11) is 0. The van der Waals surface area contributed by atoms with Crippen LogP contribution in [0.2, 0.25) is 0 Å². The smallest absolute Gasteiger partial charge is 0.475 e. The van der Waals surface area contributed by atoms with Crippen molar-refractivity contribution in [3.05, 3.63) is 40.2 Å². The average Bonchev–Trinajstić information content (AvgIpc) is 3.44. The lowest BCUT2D eigenvalue weighted by Gasteiger charge is -2.40. The van der Waals surface area contributed by atoms with E-state index in [0.717, 1.165) is 50.6 Å². The minimum Gasteiger partial charge on any atom is -0.475 e. The highest BCUT2D eigenvalue weighted by atomic mass is 32.1. The summed E-state index contributed by atoms with van der Waals surface area (Å²) in [5.74, 6) is -2.26. The fraction of sp³-hybridized carbons (Fsp3) is 0.550. The number of piperidine rings is 1. The van der Waals surface area contributed by atoms with Crippen LogP contribution < -0.4 is 0 Å². The third kappa shape index (κ3) is 6.07. The zero-order chi connectivity index (χ0) is 22.6. The molecule has 4 rings (SSSR count). The second kappa shape index (κ2) is 9.39. The molecule has 11 heteroatoms. The molecule has 1 atom stereocenters. The molecule has 1 spiro atoms. The number of carbonyl (C=O) groups excluding carboxylic acids is 1. The number of hydrogen-bond acceptors (Lipinski definition) is 6. The average molecular weight is 459 g/mol. The Hall–Kier alpha value is -2.40. The number of thiazole rings is 1. The van der Waals surface area contributed by atoms with Crippen molar-refractivity contribution in [1.29, 1.82) is 0 Å². The van der Waals surface area contributed by atoms with Gasteiger partial charge in [0.15, 0.2) is 5.76 Å². The molecule has 0 saturated carbocycles. The topological polar surface area (TPSA) is 86.9 Å². The lowest BCUT2D eigenvalue weighted by atomic mass is 9.79. The second-order valence-corrected chi connectivity index (χ2v) is 8.99. The van der Waals surface area contributed by atoms with E-state index in [9.17, 15) is 18.0 Å². The number of furan rings is 1. The van der Waals surface area contributed by atoms with Crippen molar-refractivity contribution < 1.29 is 32.3 Å². The van der Waals surface area contributed by atoms with Gasteiger partial charge in [-0.2, -0.15) is 13.2 Å². The van der Waals surface area contributed by atoms with E-state index >= 15 is 0 Å². The Balaban J connectivity index is 0.000000339. The Morgan fingerprint density at radius 1 is 1.29 bits per heavy atom. The number of carboxylic acid groups (broad SMARTS) is 1. The number of hydrogen-bond donors (Lipinski definition) is 1. The van der Waals surface area contributed by atoms with Gasteiger partial charge in [0.05, 0.1) is 17.0 Å². The maximum Gasteiger partial charge on any atom is 0.490 e. The minimum absolute atomic E-state index is 0.0349. The molecule has 7 nitrogen and oxygen atoms in total. The lowest BCUT2D eigenvalue weighted by Crippen LogP contribution is -2.47. The predicted molar refractivity (Wildman–Crippen MR) is 107 cm³/mol. The van der Waals surface area contributed by atoms with E-state index in [0.29, 0.717) is 5.76 Å². The van der Waals surface area contributed by atoms with Gasteiger partial charge < -0.3 is 14.4 Å². The zero-order valence-electron chi connectivity index (χ0n) is 17.0. The molecule has 2 fully saturated rings. The van der Waals surface area contributed by atoms with E-state index in [1.807, 2.05) is 4.90 Å². The quantitative estimate of drug-likeness (QED) is 0.751. The molecule has 2 aromatic heterocycles. The van der Waals surface area contributed by atoms with Gasteiger partial charge in [-0.25, -0.2) is 9.78 Å². The van der Waals surface area contributed by atoms with Crippen molar-refractivity contribution in [3.8, 4) is 0 Å². The van der Waals surface area contributed by atoms with Gasteiger partial charge >= 0.3 is 12.1 Å². The summed E-state index contributed by atoms with van der Waals surface area (Å²) >= 11 is 1.72. The van der Waals surface area contributed by atoms with Crippen molar-refractivity contribution in [2.75, 3.05) is 26.2 Å². The Morgan fingerprint density at radius 3 is 2.61 bits per heavy atom. The summed E-state index contributed by atoms with van der Waals surface area (Å²) < 4.78 is 37.0. The number of carboxylic acids is 1. The maximum absolute atomic E-state index is 12.6. The van der Waals surface area contributed by atoms with Gasteiger partial charge in [0, 0.05) is 37.0 Å². The highest BCUT2D eigenvalue weighted by Crippen LogP contribution is 2.39. The summed E-state index contributed by atoms with van der Waals surface area (Å²) in [5.41, 5.74) is 1.42. The molecule has 1 unspecified atom stereocenters. The van der Waals surface area contributed by atoms with Gasteiger partial charge in [-0.05, 0) is 44.9 Å². The summed E-state index contributed by atoms with van der Waals surface area (Å²) in [6.07, 6.45) is -0.0597. The van der Waals surface area contributed by atoms with Crippen LogP contribution in [-0.2, 0) is 11.3 Å². The Kier molecular flexibility index (Phi) is 7.05. The summed E-state index contributed by atoms with van der Waals surface area (Å²) in [6.45, 7) is 6.83. The molecule has 2 aliphatic heterocycles. The molecule has 4 heterocycles. The zero-order valence-corrected chi connectivity index (χ0v) is 17.8. The minimum atomic E-state index is -5.08. The second-order valence-electron chi connectivity index (χ2n) is 7.93. The molecular weight excluding hydrogens is 435 g/mol. The number of alkyl halides is 3. The van der Waals surface area contributed by atoms with Crippen LogP contribution in [0.1, 0.15) is 40.5 Å². The number of rotatable bonds is 3. The molecule has 2 saturated heterocycles. The van der Waals surface area contributed by atoms with Crippen LogP contribution >= 0.6 is 11.3 Å². The highest BCUT2D eigenvalue weighted by molar-refractivity contribution is 7.09. The van der Waals surface area contributed by atoms with Crippen LogP contribution in [0.4, 0.5) is 13.2 Å². The molecule has 170 valence electrons. The Labute approximate surface area is 181 Å². The van der Waals surface area contributed by atoms with E-state index in [2.05, 4.69) is 22.2 Å². The van der Waals surface area contributed by atoms with E-state index < -0.39 is 12.1 Å². The predicted octanol–water partition coefficient (Wildman–Crippen LogP) is 3.81. The number of aromatic nitrogens is 1. The van der Waals surface area contributed by atoms with E-state index in [1.54, 1.807) is 29.7 Å². The number of nitrogens with zero attached hydrogens (tertiary/aromatic N) is 3. The third-order valence-electron chi connectivity index (χ3n) is 5.49. The Morgan fingerprint density at radius 2 is 2.03 bits per heavy atom. The van der Waals surface area contributed by atoms with E-state index in [1.165, 1.54) is 12.1 Å². The first kappa shape index (κ1) is 23.3. The Bertz CT molecular complexity index is 900. The van der Waals surface area contributed by atoms with Crippen LogP contribution in [0.5, 0.6) is 0 Å². The fourth-order valence-corrected chi connectivity index (χ4v) is 4.75. The van der Waals surface area contributed by atoms with Crippen molar-refractivity contribution in [2.45, 2.75) is 38.9 Å². The van der Waals surface area contributed by atoms with Crippen molar-refractivity contribution in [3.63, 3.8) is 0 Å². The SMILES string of the molecule is Cc1nc(CN2CCC3(CCCN(C(=O)c4ccco4)C3)C2)cs1.O=C(O)C(F)(F)F. The van der Waals surface area contributed by atoms with Crippen molar-refractivity contribution in [2.24, 2.45) is 5.41 Å². The van der Waals surface area contributed by atoms with Crippen LogP contribution in [0.25, 0.3) is 0 Å². The van der Waals surface area contributed by atoms with Gasteiger partial charge in [-0.1, -0.05) is 0 Å².